The number of morpholine rings is 1. The van der Waals surface area contributed by atoms with E-state index < -0.39 is 6.29 Å². The van der Waals surface area contributed by atoms with Gasteiger partial charge in [-0.3, -0.25) is 4.79 Å². The molecule has 1 aromatic carbocycles. The van der Waals surface area contributed by atoms with Gasteiger partial charge >= 0.3 is 0 Å². The summed E-state index contributed by atoms with van der Waals surface area (Å²) in [7, 11) is 0. The molecule has 2 aromatic rings. The number of hydrogen-bond acceptors (Lipinski definition) is 6. The van der Waals surface area contributed by atoms with Gasteiger partial charge in [0.15, 0.2) is 5.76 Å². The van der Waals surface area contributed by atoms with E-state index in [4.69, 9.17) is 14.2 Å². The Labute approximate surface area is 181 Å². The molecule has 0 bridgehead atoms. The van der Waals surface area contributed by atoms with Crippen LogP contribution in [0.5, 0.6) is 0 Å². The molecule has 0 saturated carbocycles. The van der Waals surface area contributed by atoms with E-state index in [0.29, 0.717) is 45.1 Å². The van der Waals surface area contributed by atoms with E-state index in [9.17, 15) is 9.90 Å². The van der Waals surface area contributed by atoms with Crippen LogP contribution >= 0.6 is 11.3 Å². The van der Waals surface area contributed by atoms with Gasteiger partial charge in [-0.15, -0.1) is 11.3 Å². The zero-order valence-corrected chi connectivity index (χ0v) is 18.1. The van der Waals surface area contributed by atoms with Gasteiger partial charge in [0.1, 0.15) is 0 Å². The van der Waals surface area contributed by atoms with Crippen LogP contribution in [0.15, 0.2) is 41.5 Å². The van der Waals surface area contributed by atoms with E-state index in [2.05, 4.69) is 17.5 Å². The maximum atomic E-state index is 13.2. The fourth-order valence-corrected chi connectivity index (χ4v) is 5.30. The van der Waals surface area contributed by atoms with E-state index in [1.54, 1.807) is 16.2 Å². The number of hydrogen-bond donors (Lipinski definition) is 1. The van der Waals surface area contributed by atoms with Gasteiger partial charge < -0.3 is 24.2 Å². The SMILES string of the molecule is CCO[C@@H]1OC(C(=O)N2CCOCC2)=C[C@H](c2csc3ccccc23)[C@@H]1CCCO. The number of carbonyl (C=O) groups excluding carboxylic acids is 1. The van der Waals surface area contributed by atoms with E-state index in [1.165, 1.54) is 15.6 Å². The Bertz CT molecular complexity index is 889. The minimum Gasteiger partial charge on any atom is -0.459 e. The summed E-state index contributed by atoms with van der Waals surface area (Å²) in [5.74, 6) is 0.262. The van der Waals surface area contributed by atoms with Gasteiger partial charge in [0.05, 0.1) is 13.2 Å². The van der Waals surface area contributed by atoms with Crippen molar-refractivity contribution in [2.75, 3.05) is 39.5 Å². The second kappa shape index (κ2) is 9.92. The smallest absolute Gasteiger partial charge is 0.288 e. The zero-order chi connectivity index (χ0) is 20.9. The summed E-state index contributed by atoms with van der Waals surface area (Å²) in [5, 5.41) is 12.8. The Balaban J connectivity index is 1.73. The van der Waals surface area contributed by atoms with Gasteiger partial charge in [0.25, 0.3) is 5.91 Å². The summed E-state index contributed by atoms with van der Waals surface area (Å²) in [5.41, 5.74) is 1.19. The molecule has 0 radical (unpaired) electrons. The number of rotatable bonds is 7. The molecule has 6 nitrogen and oxygen atoms in total. The maximum absolute atomic E-state index is 13.2. The first-order chi connectivity index (χ1) is 14.7. The second-order valence-corrected chi connectivity index (χ2v) is 8.53. The standard InChI is InChI=1S/C23H29NO5S/c1-2-28-23-17(7-5-11-25)18(19-15-30-21-8-4-3-6-16(19)21)14-20(29-23)22(26)24-9-12-27-13-10-24/h3-4,6,8,14-15,17-18,23,25H,2,5,7,9-13H2,1H3/t17-,18-,23+/m0/s1. The normalized spacial score (nSPS) is 24.5. The van der Waals surface area contributed by atoms with Gasteiger partial charge in [0.2, 0.25) is 6.29 Å². The summed E-state index contributed by atoms with van der Waals surface area (Å²) in [4.78, 5) is 15.0. The van der Waals surface area contributed by atoms with Crippen LogP contribution in [0.25, 0.3) is 10.1 Å². The molecule has 0 spiro atoms. The van der Waals surface area contributed by atoms with E-state index >= 15 is 0 Å². The summed E-state index contributed by atoms with van der Waals surface area (Å²) < 4.78 is 18.7. The van der Waals surface area contributed by atoms with Crippen molar-refractivity contribution in [2.24, 2.45) is 5.92 Å². The number of ether oxygens (including phenoxy) is 3. The molecule has 1 N–H and O–H groups in total. The van der Waals surface area contributed by atoms with E-state index in [-0.39, 0.29) is 24.3 Å². The minimum absolute atomic E-state index is 0.0157. The van der Waals surface area contributed by atoms with Crippen molar-refractivity contribution in [1.29, 1.82) is 0 Å². The first kappa shape index (κ1) is 21.3. The maximum Gasteiger partial charge on any atom is 0.288 e. The molecule has 2 aliphatic rings. The molecule has 30 heavy (non-hydrogen) atoms. The van der Waals surface area contributed by atoms with Gasteiger partial charge in [-0.1, -0.05) is 18.2 Å². The summed E-state index contributed by atoms with van der Waals surface area (Å²) in [6.45, 7) is 4.78. The average molecular weight is 432 g/mol. The molecule has 3 atom stereocenters. The first-order valence-corrected chi connectivity index (χ1v) is 11.5. The van der Waals surface area contributed by atoms with Crippen LogP contribution in [0.2, 0.25) is 0 Å². The Kier molecular flexibility index (Phi) is 7.04. The van der Waals surface area contributed by atoms with Crippen molar-refractivity contribution >= 4 is 27.3 Å². The Morgan fingerprint density at radius 2 is 2.10 bits per heavy atom. The van der Waals surface area contributed by atoms with E-state index in [1.807, 2.05) is 25.1 Å². The Morgan fingerprint density at radius 1 is 1.30 bits per heavy atom. The molecule has 162 valence electrons. The van der Waals surface area contributed by atoms with Crippen molar-refractivity contribution in [3.8, 4) is 0 Å². The highest BCUT2D eigenvalue weighted by Crippen LogP contribution is 2.43. The lowest BCUT2D eigenvalue weighted by Gasteiger charge is -2.38. The topological polar surface area (TPSA) is 68.2 Å². The van der Waals surface area contributed by atoms with Crippen molar-refractivity contribution in [1.82, 2.24) is 4.90 Å². The van der Waals surface area contributed by atoms with Gasteiger partial charge in [-0.25, -0.2) is 0 Å². The number of aliphatic hydroxyl groups is 1. The monoisotopic (exact) mass is 431 g/mol. The number of nitrogens with zero attached hydrogens (tertiary/aromatic N) is 1. The molecule has 0 aliphatic carbocycles. The third-order valence-corrected chi connectivity index (χ3v) is 6.77. The molecule has 1 amide bonds. The number of carbonyl (C=O) groups is 1. The molecule has 1 saturated heterocycles. The van der Waals surface area contributed by atoms with Crippen molar-refractivity contribution in [3.05, 3.63) is 47.0 Å². The summed E-state index contributed by atoms with van der Waals surface area (Å²) >= 11 is 1.71. The molecule has 4 rings (SSSR count). The third kappa shape index (κ3) is 4.39. The van der Waals surface area contributed by atoms with Gasteiger partial charge in [-0.05, 0) is 48.2 Å². The molecule has 1 fully saturated rings. The quantitative estimate of drug-likeness (QED) is 0.727. The average Bonchev–Trinajstić information content (AvgIpc) is 3.22. The number of amides is 1. The number of allylic oxidation sites excluding steroid dienone is 1. The van der Waals surface area contributed by atoms with E-state index in [0.717, 1.165) is 6.42 Å². The van der Waals surface area contributed by atoms with Crippen LogP contribution in [0.4, 0.5) is 0 Å². The van der Waals surface area contributed by atoms with Crippen molar-refractivity contribution < 1.29 is 24.1 Å². The van der Waals surface area contributed by atoms with Crippen LogP contribution in [0.1, 0.15) is 31.2 Å². The molecule has 2 aliphatic heterocycles. The molecule has 1 aromatic heterocycles. The fraction of sp³-hybridized carbons (Fsp3) is 0.522. The molecular formula is C23H29NO5S. The van der Waals surface area contributed by atoms with Crippen LogP contribution in [0.3, 0.4) is 0 Å². The lowest BCUT2D eigenvalue weighted by molar-refractivity contribution is -0.171. The summed E-state index contributed by atoms with van der Waals surface area (Å²) in [6.07, 6.45) is 2.88. The summed E-state index contributed by atoms with van der Waals surface area (Å²) in [6, 6.07) is 8.34. The lowest BCUT2D eigenvalue weighted by atomic mass is 9.80. The van der Waals surface area contributed by atoms with Crippen LogP contribution < -0.4 is 0 Å². The fourth-order valence-electron chi connectivity index (χ4n) is 4.29. The lowest BCUT2D eigenvalue weighted by Crippen LogP contribution is -2.44. The van der Waals surface area contributed by atoms with Gasteiger partial charge in [0, 0.05) is 42.8 Å². The predicted molar refractivity (Wildman–Crippen MR) is 116 cm³/mol. The number of benzene rings is 1. The highest BCUT2D eigenvalue weighted by molar-refractivity contribution is 7.17. The number of fused-ring (bicyclic) bond motifs is 1. The molecule has 0 unspecified atom stereocenters. The van der Waals surface area contributed by atoms with Crippen LogP contribution in [-0.4, -0.2) is 61.7 Å². The van der Waals surface area contributed by atoms with Crippen LogP contribution in [-0.2, 0) is 19.0 Å². The van der Waals surface area contributed by atoms with Crippen molar-refractivity contribution in [2.45, 2.75) is 32.0 Å². The molecule has 3 heterocycles. The van der Waals surface area contributed by atoms with Gasteiger partial charge in [-0.2, -0.15) is 0 Å². The molecule has 7 heteroatoms. The highest BCUT2D eigenvalue weighted by atomic mass is 32.1. The zero-order valence-electron chi connectivity index (χ0n) is 17.3. The minimum atomic E-state index is -0.518. The first-order valence-electron chi connectivity index (χ1n) is 10.7. The predicted octanol–water partition coefficient (Wildman–Crippen LogP) is 3.51. The second-order valence-electron chi connectivity index (χ2n) is 7.62. The Morgan fingerprint density at radius 3 is 2.87 bits per heavy atom. The largest absolute Gasteiger partial charge is 0.459 e. The third-order valence-electron chi connectivity index (χ3n) is 5.79. The highest BCUT2D eigenvalue weighted by Gasteiger charge is 2.39. The molecular weight excluding hydrogens is 402 g/mol. The van der Waals surface area contributed by atoms with Crippen LogP contribution in [0, 0.1) is 5.92 Å². The number of thiophene rings is 1. The Hall–Kier alpha value is -1.93. The van der Waals surface area contributed by atoms with Crippen molar-refractivity contribution in [3.63, 3.8) is 0 Å². The number of aliphatic hydroxyl groups excluding tert-OH is 1.